The number of aromatic nitrogens is 4. The number of hydrogen-bond donors (Lipinski definition) is 1. The number of oxazole rings is 1. The molecule has 0 spiro atoms. The van der Waals surface area contributed by atoms with E-state index >= 15 is 0 Å². The molecule has 0 amide bonds. The first kappa shape index (κ1) is 7.98. The Morgan fingerprint density at radius 1 is 1.40 bits per heavy atom. The third kappa shape index (κ3) is 1.23. The second-order valence-corrected chi connectivity index (χ2v) is 3.04. The normalized spacial score (nSPS) is 10.9. The topological polar surface area (TPSA) is 76.7 Å². The lowest BCUT2D eigenvalue weighted by Crippen LogP contribution is -1.95. The van der Waals surface area contributed by atoms with Crippen molar-refractivity contribution in [3.63, 3.8) is 0 Å². The van der Waals surface area contributed by atoms with E-state index in [0.29, 0.717) is 11.1 Å². The predicted octanol–water partition coefficient (Wildman–Crippen LogP) is 0.702. The molecule has 0 aliphatic carbocycles. The second-order valence-electron chi connectivity index (χ2n) is 3.04. The zero-order valence-corrected chi connectivity index (χ0v) is 7.54. The SMILES string of the molecule is O=c1[nH]c2cc(-n3ccnn3)ccc2o1. The third-order valence-corrected chi connectivity index (χ3v) is 2.09. The summed E-state index contributed by atoms with van der Waals surface area (Å²) in [5.74, 6) is -0.458. The highest BCUT2D eigenvalue weighted by Gasteiger charge is 2.03. The van der Waals surface area contributed by atoms with E-state index in [4.69, 9.17) is 4.42 Å². The van der Waals surface area contributed by atoms with Crippen molar-refractivity contribution >= 4 is 11.1 Å². The quantitative estimate of drug-likeness (QED) is 0.630. The zero-order chi connectivity index (χ0) is 10.3. The van der Waals surface area contributed by atoms with Gasteiger partial charge in [-0.3, -0.25) is 4.98 Å². The number of H-pyrrole nitrogens is 1. The smallest absolute Gasteiger partial charge is 0.408 e. The van der Waals surface area contributed by atoms with Crippen LogP contribution in [0.1, 0.15) is 0 Å². The van der Waals surface area contributed by atoms with Gasteiger partial charge in [0.2, 0.25) is 0 Å². The van der Waals surface area contributed by atoms with E-state index in [1.54, 1.807) is 35.3 Å². The van der Waals surface area contributed by atoms with Gasteiger partial charge in [0, 0.05) is 0 Å². The summed E-state index contributed by atoms with van der Waals surface area (Å²) in [6, 6.07) is 5.28. The van der Waals surface area contributed by atoms with Crippen LogP contribution in [0.3, 0.4) is 0 Å². The molecule has 74 valence electrons. The summed E-state index contributed by atoms with van der Waals surface area (Å²) in [6.07, 6.45) is 3.31. The molecular formula is C9H6N4O2. The highest BCUT2D eigenvalue weighted by molar-refractivity contribution is 5.74. The lowest BCUT2D eigenvalue weighted by molar-refractivity contribution is 0.555. The fraction of sp³-hybridized carbons (Fsp3) is 0. The molecule has 0 saturated heterocycles. The van der Waals surface area contributed by atoms with Gasteiger partial charge in [0.25, 0.3) is 0 Å². The monoisotopic (exact) mass is 202 g/mol. The average Bonchev–Trinajstić information content (AvgIpc) is 2.82. The Bertz CT molecular complexity index is 650. The standard InChI is InChI=1S/C9H6N4O2/c14-9-11-7-5-6(1-2-8(7)15-9)13-4-3-10-12-13/h1-5H,(H,11,14). The van der Waals surface area contributed by atoms with Crippen LogP contribution in [0.4, 0.5) is 0 Å². The minimum absolute atomic E-state index is 0.458. The Hall–Kier alpha value is -2.37. The lowest BCUT2D eigenvalue weighted by atomic mass is 10.3. The maximum Gasteiger partial charge on any atom is 0.417 e. The van der Waals surface area contributed by atoms with E-state index in [1.807, 2.05) is 0 Å². The van der Waals surface area contributed by atoms with E-state index in [1.165, 1.54) is 0 Å². The molecule has 0 fully saturated rings. The van der Waals surface area contributed by atoms with Crippen molar-refractivity contribution in [2.24, 2.45) is 0 Å². The van der Waals surface area contributed by atoms with Crippen LogP contribution in [0.25, 0.3) is 16.8 Å². The minimum Gasteiger partial charge on any atom is -0.408 e. The number of nitrogens with one attached hydrogen (secondary N) is 1. The molecule has 0 bridgehead atoms. The van der Waals surface area contributed by atoms with Gasteiger partial charge in [0.05, 0.1) is 23.6 Å². The van der Waals surface area contributed by atoms with Gasteiger partial charge in [0.1, 0.15) is 0 Å². The highest BCUT2D eigenvalue weighted by atomic mass is 16.4. The van der Waals surface area contributed by atoms with Crippen LogP contribution in [0, 0.1) is 0 Å². The Morgan fingerprint density at radius 2 is 2.33 bits per heavy atom. The summed E-state index contributed by atoms with van der Waals surface area (Å²) < 4.78 is 6.49. The van der Waals surface area contributed by atoms with Crippen LogP contribution in [0.2, 0.25) is 0 Å². The number of rotatable bonds is 1. The maximum absolute atomic E-state index is 10.9. The van der Waals surface area contributed by atoms with Crippen LogP contribution in [-0.4, -0.2) is 20.0 Å². The van der Waals surface area contributed by atoms with Crippen molar-refractivity contribution in [2.45, 2.75) is 0 Å². The van der Waals surface area contributed by atoms with E-state index in [9.17, 15) is 4.79 Å². The summed E-state index contributed by atoms with van der Waals surface area (Å²) in [6.45, 7) is 0. The number of benzene rings is 1. The number of hydrogen-bond acceptors (Lipinski definition) is 4. The molecule has 6 heteroatoms. The van der Waals surface area contributed by atoms with Gasteiger partial charge in [-0.1, -0.05) is 5.21 Å². The molecule has 0 saturated carbocycles. The third-order valence-electron chi connectivity index (χ3n) is 2.09. The molecule has 1 N–H and O–H groups in total. The molecule has 3 rings (SSSR count). The molecule has 0 unspecified atom stereocenters. The first-order chi connectivity index (χ1) is 7.33. The first-order valence-corrected chi connectivity index (χ1v) is 4.32. The van der Waals surface area contributed by atoms with Gasteiger partial charge in [-0.05, 0) is 18.2 Å². The van der Waals surface area contributed by atoms with Gasteiger partial charge in [-0.2, -0.15) is 0 Å². The summed E-state index contributed by atoms with van der Waals surface area (Å²) in [5.41, 5.74) is 1.99. The van der Waals surface area contributed by atoms with Crippen LogP contribution >= 0.6 is 0 Å². The molecule has 0 radical (unpaired) electrons. The van der Waals surface area contributed by atoms with E-state index in [0.717, 1.165) is 5.69 Å². The van der Waals surface area contributed by atoms with Crippen molar-refractivity contribution < 1.29 is 4.42 Å². The Kier molecular flexibility index (Phi) is 1.49. The molecule has 6 nitrogen and oxygen atoms in total. The fourth-order valence-corrected chi connectivity index (χ4v) is 1.43. The Labute approximate surface area is 83.1 Å². The van der Waals surface area contributed by atoms with Crippen LogP contribution in [0.5, 0.6) is 0 Å². The molecule has 2 heterocycles. The van der Waals surface area contributed by atoms with Gasteiger partial charge in [0.15, 0.2) is 5.58 Å². The van der Waals surface area contributed by atoms with Gasteiger partial charge < -0.3 is 4.42 Å². The molecule has 2 aromatic heterocycles. The summed E-state index contributed by atoms with van der Waals surface area (Å²) in [7, 11) is 0. The van der Waals surface area contributed by atoms with Gasteiger partial charge in [-0.25, -0.2) is 9.48 Å². The van der Waals surface area contributed by atoms with Crippen molar-refractivity contribution in [3.8, 4) is 5.69 Å². The van der Waals surface area contributed by atoms with Crippen LogP contribution in [0.15, 0.2) is 39.8 Å². The van der Waals surface area contributed by atoms with E-state index in [-0.39, 0.29) is 0 Å². The Morgan fingerprint density at radius 3 is 3.13 bits per heavy atom. The number of nitrogens with zero attached hydrogens (tertiary/aromatic N) is 3. The maximum atomic E-state index is 10.9. The lowest BCUT2D eigenvalue weighted by Gasteiger charge is -1.97. The summed E-state index contributed by atoms with van der Waals surface area (Å²) in [5, 5.41) is 7.55. The second kappa shape index (κ2) is 2.81. The van der Waals surface area contributed by atoms with Crippen molar-refractivity contribution in [1.29, 1.82) is 0 Å². The summed E-state index contributed by atoms with van der Waals surface area (Å²) >= 11 is 0. The van der Waals surface area contributed by atoms with Crippen LogP contribution in [-0.2, 0) is 0 Å². The minimum atomic E-state index is -0.458. The molecule has 0 aliphatic heterocycles. The molecule has 0 aliphatic rings. The molecule has 1 aromatic carbocycles. The number of aromatic amines is 1. The number of fused-ring (bicyclic) bond motifs is 1. The fourth-order valence-electron chi connectivity index (χ4n) is 1.43. The first-order valence-electron chi connectivity index (χ1n) is 4.32. The van der Waals surface area contributed by atoms with Crippen molar-refractivity contribution in [1.82, 2.24) is 20.0 Å². The summed E-state index contributed by atoms with van der Waals surface area (Å²) in [4.78, 5) is 13.5. The Balaban J connectivity index is 2.26. The zero-order valence-electron chi connectivity index (χ0n) is 7.54. The highest BCUT2D eigenvalue weighted by Crippen LogP contribution is 2.14. The van der Waals surface area contributed by atoms with E-state index in [2.05, 4.69) is 15.3 Å². The van der Waals surface area contributed by atoms with Gasteiger partial charge >= 0.3 is 5.76 Å². The van der Waals surface area contributed by atoms with E-state index < -0.39 is 5.76 Å². The van der Waals surface area contributed by atoms with Crippen LogP contribution < -0.4 is 5.76 Å². The molecule has 0 atom stereocenters. The van der Waals surface area contributed by atoms with Crippen molar-refractivity contribution in [2.75, 3.05) is 0 Å². The average molecular weight is 202 g/mol. The predicted molar refractivity (Wildman–Crippen MR) is 51.8 cm³/mol. The largest absolute Gasteiger partial charge is 0.417 e. The van der Waals surface area contributed by atoms with Crippen molar-refractivity contribution in [3.05, 3.63) is 41.1 Å². The molecule has 15 heavy (non-hydrogen) atoms. The van der Waals surface area contributed by atoms with Gasteiger partial charge in [-0.15, -0.1) is 5.10 Å². The molecular weight excluding hydrogens is 196 g/mol. The molecule has 3 aromatic rings.